The molecule has 0 amide bonds. The lowest BCUT2D eigenvalue weighted by atomic mass is 10.1. The van der Waals surface area contributed by atoms with Gasteiger partial charge in [-0.3, -0.25) is 4.99 Å². The van der Waals surface area contributed by atoms with E-state index in [4.69, 9.17) is 0 Å². The Morgan fingerprint density at radius 3 is 2.83 bits per heavy atom. The molecule has 0 saturated heterocycles. The predicted molar refractivity (Wildman–Crippen MR) is 72.3 cm³/mol. The first-order valence-corrected chi connectivity index (χ1v) is 6.55. The van der Waals surface area contributed by atoms with Gasteiger partial charge in [-0.05, 0) is 31.9 Å². The van der Waals surface area contributed by atoms with Crippen molar-refractivity contribution in [1.82, 2.24) is 10.6 Å². The topological polar surface area (TPSA) is 36.4 Å². The molecule has 0 aromatic heterocycles. The molecule has 1 aromatic carbocycles. The molecule has 2 rings (SSSR count). The Morgan fingerprint density at radius 1 is 1.39 bits per heavy atom. The Bertz CT molecular complexity index is 431. The molecular formula is C14H20FN3. The highest BCUT2D eigenvalue weighted by Crippen LogP contribution is 2.41. The van der Waals surface area contributed by atoms with E-state index in [0.29, 0.717) is 6.04 Å². The molecule has 1 fully saturated rings. The van der Waals surface area contributed by atoms with Crippen LogP contribution in [0, 0.1) is 5.82 Å². The Balaban J connectivity index is 1.95. The molecule has 98 valence electrons. The highest BCUT2D eigenvalue weighted by Gasteiger charge is 2.40. The van der Waals surface area contributed by atoms with E-state index in [1.165, 1.54) is 6.07 Å². The van der Waals surface area contributed by atoms with E-state index in [1.807, 2.05) is 26.0 Å². The molecular weight excluding hydrogens is 229 g/mol. The molecule has 2 unspecified atom stereocenters. The minimum absolute atomic E-state index is 0.107. The van der Waals surface area contributed by atoms with E-state index in [-0.39, 0.29) is 11.7 Å². The highest BCUT2D eigenvalue weighted by atomic mass is 19.1. The molecule has 0 bridgehead atoms. The summed E-state index contributed by atoms with van der Waals surface area (Å²) in [6, 6.07) is 7.30. The fourth-order valence-electron chi connectivity index (χ4n) is 2.13. The Hall–Kier alpha value is -1.58. The molecule has 2 N–H and O–H groups in total. The van der Waals surface area contributed by atoms with Crippen LogP contribution in [0.15, 0.2) is 29.3 Å². The fourth-order valence-corrected chi connectivity index (χ4v) is 2.13. The number of hydrogen-bond donors (Lipinski definition) is 2. The van der Waals surface area contributed by atoms with Crippen LogP contribution in [0.2, 0.25) is 0 Å². The molecule has 2 atom stereocenters. The first-order valence-electron chi connectivity index (χ1n) is 6.55. The van der Waals surface area contributed by atoms with E-state index in [0.717, 1.165) is 31.0 Å². The molecule has 0 heterocycles. The smallest absolute Gasteiger partial charge is 0.191 e. The van der Waals surface area contributed by atoms with Crippen molar-refractivity contribution in [3.05, 3.63) is 35.6 Å². The summed E-state index contributed by atoms with van der Waals surface area (Å²) in [7, 11) is 0. The lowest BCUT2D eigenvalue weighted by molar-refractivity contribution is 0.608. The summed E-state index contributed by atoms with van der Waals surface area (Å²) < 4.78 is 13.6. The largest absolute Gasteiger partial charge is 0.357 e. The Labute approximate surface area is 108 Å². The van der Waals surface area contributed by atoms with E-state index in [1.54, 1.807) is 6.07 Å². The molecule has 0 aliphatic heterocycles. The van der Waals surface area contributed by atoms with Gasteiger partial charge in [0, 0.05) is 25.0 Å². The van der Waals surface area contributed by atoms with Crippen LogP contribution in [0.5, 0.6) is 0 Å². The molecule has 1 aliphatic rings. The number of rotatable bonds is 4. The van der Waals surface area contributed by atoms with Gasteiger partial charge in [-0.25, -0.2) is 4.39 Å². The van der Waals surface area contributed by atoms with E-state index < -0.39 is 0 Å². The summed E-state index contributed by atoms with van der Waals surface area (Å²) in [4.78, 5) is 4.35. The van der Waals surface area contributed by atoms with Crippen molar-refractivity contribution in [3.8, 4) is 0 Å². The summed E-state index contributed by atoms with van der Waals surface area (Å²) in [6.45, 7) is 5.61. The lowest BCUT2D eigenvalue weighted by Crippen LogP contribution is -2.39. The maximum Gasteiger partial charge on any atom is 0.191 e. The number of nitrogens with zero attached hydrogens (tertiary/aromatic N) is 1. The summed E-state index contributed by atoms with van der Waals surface area (Å²) >= 11 is 0. The maximum absolute atomic E-state index is 13.6. The van der Waals surface area contributed by atoms with Gasteiger partial charge in [-0.1, -0.05) is 18.2 Å². The zero-order valence-corrected chi connectivity index (χ0v) is 10.9. The normalized spacial score (nSPS) is 22.7. The zero-order chi connectivity index (χ0) is 13.0. The molecule has 1 aliphatic carbocycles. The lowest BCUT2D eigenvalue weighted by Gasteiger charge is -2.10. The second-order valence-electron chi connectivity index (χ2n) is 4.47. The van der Waals surface area contributed by atoms with Crippen LogP contribution in [0.4, 0.5) is 4.39 Å². The third kappa shape index (κ3) is 3.00. The van der Waals surface area contributed by atoms with Crippen molar-refractivity contribution in [2.75, 3.05) is 13.1 Å². The maximum atomic E-state index is 13.6. The van der Waals surface area contributed by atoms with Crippen LogP contribution >= 0.6 is 0 Å². The number of aliphatic imine (C=N–C) groups is 1. The van der Waals surface area contributed by atoms with Crippen LogP contribution in [0.1, 0.15) is 31.7 Å². The van der Waals surface area contributed by atoms with Gasteiger partial charge in [0.1, 0.15) is 5.82 Å². The van der Waals surface area contributed by atoms with Crippen LogP contribution in [-0.4, -0.2) is 25.1 Å². The number of halogens is 1. The minimum atomic E-state index is -0.107. The quantitative estimate of drug-likeness (QED) is 0.634. The predicted octanol–water partition coefficient (Wildman–Crippen LogP) is 2.26. The summed E-state index contributed by atoms with van der Waals surface area (Å²) in [5.41, 5.74) is 0.808. The molecule has 0 spiro atoms. The van der Waals surface area contributed by atoms with Crippen molar-refractivity contribution in [2.45, 2.75) is 32.2 Å². The van der Waals surface area contributed by atoms with Gasteiger partial charge in [0.15, 0.2) is 5.96 Å². The van der Waals surface area contributed by atoms with Gasteiger partial charge >= 0.3 is 0 Å². The average Bonchev–Trinajstić information content (AvgIpc) is 3.09. The van der Waals surface area contributed by atoms with Crippen molar-refractivity contribution < 1.29 is 4.39 Å². The number of nitrogens with one attached hydrogen (secondary N) is 2. The van der Waals surface area contributed by atoms with Crippen LogP contribution < -0.4 is 10.6 Å². The number of hydrogen-bond acceptors (Lipinski definition) is 1. The molecule has 1 aromatic rings. The first kappa shape index (κ1) is 12.9. The van der Waals surface area contributed by atoms with Gasteiger partial charge in [0.2, 0.25) is 0 Å². The second-order valence-corrected chi connectivity index (χ2v) is 4.47. The molecule has 18 heavy (non-hydrogen) atoms. The first-order chi connectivity index (χ1) is 8.76. The zero-order valence-electron chi connectivity index (χ0n) is 10.9. The summed E-state index contributed by atoms with van der Waals surface area (Å²) in [5.74, 6) is 0.986. The number of guanidine groups is 1. The standard InChI is InChI=1S/C14H20FN3/c1-3-16-14(17-4-2)18-13-9-11(13)10-7-5-6-8-12(10)15/h5-8,11,13H,3-4,9H2,1-2H3,(H2,16,17,18). The molecule has 3 nitrogen and oxygen atoms in total. The van der Waals surface area contributed by atoms with Gasteiger partial charge in [0.05, 0.1) is 0 Å². The Kier molecular flexibility index (Phi) is 4.18. The number of benzene rings is 1. The summed E-state index contributed by atoms with van der Waals surface area (Å²) in [5, 5.41) is 6.53. The van der Waals surface area contributed by atoms with Crippen LogP contribution in [0.25, 0.3) is 0 Å². The summed E-state index contributed by atoms with van der Waals surface area (Å²) in [6.07, 6.45) is 0.967. The van der Waals surface area contributed by atoms with Crippen molar-refractivity contribution >= 4 is 5.96 Å². The SMILES string of the molecule is CCN=C(NCC)NC1CC1c1ccccc1F. The molecule has 4 heteroatoms. The fraction of sp³-hybridized carbons (Fsp3) is 0.500. The Morgan fingerprint density at radius 2 is 2.17 bits per heavy atom. The van der Waals surface area contributed by atoms with E-state index in [2.05, 4.69) is 15.6 Å². The highest BCUT2D eigenvalue weighted by molar-refractivity contribution is 5.80. The second kappa shape index (κ2) is 5.85. The third-order valence-electron chi connectivity index (χ3n) is 3.08. The molecule has 0 radical (unpaired) electrons. The van der Waals surface area contributed by atoms with Crippen molar-refractivity contribution in [1.29, 1.82) is 0 Å². The monoisotopic (exact) mass is 249 g/mol. The van der Waals surface area contributed by atoms with E-state index in [9.17, 15) is 4.39 Å². The van der Waals surface area contributed by atoms with Crippen LogP contribution in [0.3, 0.4) is 0 Å². The minimum Gasteiger partial charge on any atom is -0.357 e. The van der Waals surface area contributed by atoms with Crippen molar-refractivity contribution in [2.24, 2.45) is 4.99 Å². The van der Waals surface area contributed by atoms with Gasteiger partial charge < -0.3 is 10.6 Å². The molecule has 1 saturated carbocycles. The average molecular weight is 249 g/mol. The van der Waals surface area contributed by atoms with E-state index >= 15 is 0 Å². The van der Waals surface area contributed by atoms with Crippen molar-refractivity contribution in [3.63, 3.8) is 0 Å². The van der Waals surface area contributed by atoms with Crippen LogP contribution in [-0.2, 0) is 0 Å². The van der Waals surface area contributed by atoms with Gasteiger partial charge in [-0.15, -0.1) is 0 Å². The van der Waals surface area contributed by atoms with Gasteiger partial charge in [-0.2, -0.15) is 0 Å². The third-order valence-corrected chi connectivity index (χ3v) is 3.08. The van der Waals surface area contributed by atoms with Gasteiger partial charge in [0.25, 0.3) is 0 Å².